The molecule has 3 aromatic rings. The van der Waals surface area contributed by atoms with Crippen molar-refractivity contribution in [1.82, 2.24) is 15.0 Å². The Morgan fingerprint density at radius 3 is 2.18 bits per heavy atom. The average molecular weight is 380 g/mol. The molecule has 1 N–H and O–H groups in total. The third-order valence-corrected chi connectivity index (χ3v) is 5.49. The minimum Gasteiger partial charge on any atom is -0.505 e. The number of phenolic OH excluding ortho intramolecular Hbond substituents is 1. The van der Waals surface area contributed by atoms with Gasteiger partial charge in [-0.05, 0) is 60.6 Å². The van der Waals surface area contributed by atoms with Gasteiger partial charge in [0.15, 0.2) is 0 Å². The fourth-order valence-corrected chi connectivity index (χ4v) is 4.13. The zero-order chi connectivity index (χ0) is 20.1. The van der Waals surface area contributed by atoms with E-state index in [9.17, 15) is 5.11 Å². The molecule has 0 aliphatic heterocycles. The highest BCUT2D eigenvalue weighted by Crippen LogP contribution is 2.36. The Morgan fingerprint density at radius 1 is 0.964 bits per heavy atom. The lowest BCUT2D eigenvalue weighted by Gasteiger charge is -2.20. The van der Waals surface area contributed by atoms with Gasteiger partial charge in [0, 0.05) is 0 Å². The van der Waals surface area contributed by atoms with E-state index in [1.54, 1.807) is 4.80 Å². The van der Waals surface area contributed by atoms with Gasteiger partial charge in [-0.1, -0.05) is 65.0 Å². The summed E-state index contributed by atoms with van der Waals surface area (Å²) in [5.74, 6) is 0.711. The van der Waals surface area contributed by atoms with Gasteiger partial charge in [-0.3, -0.25) is 0 Å². The monoisotopic (exact) mass is 379 g/mol. The number of hydrogen-bond acceptors (Lipinski definition) is 3. The molecule has 2 aromatic carbocycles. The Labute approximate surface area is 168 Å². The number of phenols is 1. The zero-order valence-electron chi connectivity index (χ0n) is 17.7. The van der Waals surface area contributed by atoms with Gasteiger partial charge in [0.1, 0.15) is 22.5 Å². The molecule has 0 radical (unpaired) electrons. The first-order valence-electron chi connectivity index (χ1n) is 10.7. The van der Waals surface area contributed by atoms with E-state index < -0.39 is 0 Å². The van der Waals surface area contributed by atoms with E-state index in [0.717, 1.165) is 29.4 Å². The minimum absolute atomic E-state index is 0.336. The summed E-state index contributed by atoms with van der Waals surface area (Å²) in [7, 11) is 0. The van der Waals surface area contributed by atoms with Crippen LogP contribution in [-0.4, -0.2) is 20.1 Å². The molecular weight excluding hydrogens is 346 g/mol. The van der Waals surface area contributed by atoms with Crippen molar-refractivity contribution in [3.05, 3.63) is 47.0 Å². The highest BCUT2D eigenvalue weighted by molar-refractivity contribution is 5.74. The van der Waals surface area contributed by atoms with E-state index in [1.165, 1.54) is 43.2 Å². The standard InChI is InChI=1S/C24H33N3O/c1-5-6-7-8-9-10-13-19-23(17(2)3)18(4)16-22(24(19)28)27-25-20-14-11-12-15-21(20)26-27/h11-12,14-17,28H,5-10,13H2,1-4H3. The van der Waals surface area contributed by atoms with Crippen LogP contribution in [0, 0.1) is 6.92 Å². The summed E-state index contributed by atoms with van der Waals surface area (Å²) in [4.78, 5) is 1.59. The van der Waals surface area contributed by atoms with Gasteiger partial charge in [0.05, 0.1) is 0 Å². The Morgan fingerprint density at radius 2 is 1.57 bits per heavy atom. The van der Waals surface area contributed by atoms with Gasteiger partial charge >= 0.3 is 0 Å². The maximum atomic E-state index is 11.2. The van der Waals surface area contributed by atoms with Crippen molar-refractivity contribution in [3.8, 4) is 11.4 Å². The van der Waals surface area contributed by atoms with E-state index >= 15 is 0 Å². The fraction of sp³-hybridized carbons (Fsp3) is 0.500. The number of nitrogens with zero attached hydrogens (tertiary/aromatic N) is 3. The molecule has 1 heterocycles. The van der Waals surface area contributed by atoms with Crippen molar-refractivity contribution in [3.63, 3.8) is 0 Å². The summed E-state index contributed by atoms with van der Waals surface area (Å²) < 4.78 is 0. The molecular formula is C24H33N3O. The highest BCUT2D eigenvalue weighted by atomic mass is 16.3. The maximum Gasteiger partial charge on any atom is 0.146 e. The fourth-order valence-electron chi connectivity index (χ4n) is 4.13. The third kappa shape index (κ3) is 4.37. The first-order chi connectivity index (χ1) is 13.5. The Balaban J connectivity index is 1.92. The van der Waals surface area contributed by atoms with Crippen LogP contribution in [0.5, 0.6) is 5.75 Å². The smallest absolute Gasteiger partial charge is 0.146 e. The van der Waals surface area contributed by atoms with Gasteiger partial charge in [-0.25, -0.2) is 0 Å². The minimum atomic E-state index is 0.336. The number of aryl methyl sites for hydroxylation is 1. The van der Waals surface area contributed by atoms with E-state index in [1.807, 2.05) is 30.3 Å². The number of hydrogen-bond donors (Lipinski definition) is 1. The van der Waals surface area contributed by atoms with Gasteiger partial charge in [0.25, 0.3) is 0 Å². The second-order valence-corrected chi connectivity index (χ2v) is 8.10. The van der Waals surface area contributed by atoms with Crippen molar-refractivity contribution in [1.29, 1.82) is 0 Å². The average Bonchev–Trinajstić information content (AvgIpc) is 3.10. The molecule has 150 valence electrons. The molecule has 0 fully saturated rings. The Hall–Kier alpha value is -2.36. The summed E-state index contributed by atoms with van der Waals surface area (Å²) in [6, 6.07) is 9.83. The predicted molar refractivity (Wildman–Crippen MR) is 116 cm³/mol. The molecule has 0 amide bonds. The number of rotatable bonds is 9. The summed E-state index contributed by atoms with van der Waals surface area (Å²) in [5.41, 5.74) is 5.90. The van der Waals surface area contributed by atoms with Crippen LogP contribution >= 0.6 is 0 Å². The predicted octanol–water partition coefficient (Wildman–Crippen LogP) is 6.46. The van der Waals surface area contributed by atoms with Crippen LogP contribution in [0.3, 0.4) is 0 Å². The van der Waals surface area contributed by atoms with Crippen molar-refractivity contribution in [2.75, 3.05) is 0 Å². The molecule has 0 bridgehead atoms. The molecule has 28 heavy (non-hydrogen) atoms. The highest BCUT2D eigenvalue weighted by Gasteiger charge is 2.20. The molecule has 0 saturated heterocycles. The second kappa shape index (κ2) is 9.22. The molecule has 4 heteroatoms. The van der Waals surface area contributed by atoms with Gasteiger partial charge in [0.2, 0.25) is 0 Å². The number of unbranched alkanes of at least 4 members (excludes halogenated alkanes) is 5. The lowest BCUT2D eigenvalue weighted by molar-refractivity contribution is 0.456. The maximum absolute atomic E-state index is 11.2. The normalized spacial score (nSPS) is 11.6. The Bertz CT molecular complexity index is 894. The molecule has 0 unspecified atom stereocenters. The molecule has 0 atom stereocenters. The van der Waals surface area contributed by atoms with Gasteiger partial charge in [-0.15, -0.1) is 15.0 Å². The lowest BCUT2D eigenvalue weighted by atomic mass is 9.88. The van der Waals surface area contributed by atoms with E-state index in [-0.39, 0.29) is 0 Å². The quantitative estimate of drug-likeness (QED) is 0.434. The summed E-state index contributed by atoms with van der Waals surface area (Å²) in [6.07, 6.45) is 8.39. The molecule has 0 spiro atoms. The van der Waals surface area contributed by atoms with Crippen molar-refractivity contribution < 1.29 is 5.11 Å². The van der Waals surface area contributed by atoms with Crippen LogP contribution in [0.4, 0.5) is 0 Å². The topological polar surface area (TPSA) is 50.9 Å². The van der Waals surface area contributed by atoms with Crippen LogP contribution in [0.15, 0.2) is 30.3 Å². The van der Waals surface area contributed by atoms with Gasteiger partial charge < -0.3 is 5.11 Å². The SMILES string of the molecule is CCCCCCCCc1c(O)c(-n2nc3ccccc3n2)cc(C)c1C(C)C. The van der Waals surface area contributed by atoms with E-state index in [0.29, 0.717) is 17.4 Å². The zero-order valence-corrected chi connectivity index (χ0v) is 17.7. The van der Waals surface area contributed by atoms with Crippen LogP contribution in [0.25, 0.3) is 16.7 Å². The lowest BCUT2D eigenvalue weighted by Crippen LogP contribution is -2.07. The third-order valence-electron chi connectivity index (χ3n) is 5.49. The number of aromatic nitrogens is 3. The first kappa shape index (κ1) is 20.4. The number of aromatic hydroxyl groups is 1. The molecule has 0 saturated carbocycles. The van der Waals surface area contributed by atoms with Gasteiger partial charge in [-0.2, -0.15) is 0 Å². The Kier molecular flexibility index (Phi) is 6.71. The molecule has 0 aliphatic rings. The molecule has 0 aliphatic carbocycles. The van der Waals surface area contributed by atoms with Crippen molar-refractivity contribution >= 4 is 11.0 Å². The molecule has 1 aromatic heterocycles. The molecule has 4 nitrogen and oxygen atoms in total. The summed E-state index contributed by atoms with van der Waals surface area (Å²) >= 11 is 0. The van der Waals surface area contributed by atoms with Crippen LogP contribution in [0.2, 0.25) is 0 Å². The van der Waals surface area contributed by atoms with Crippen LogP contribution in [-0.2, 0) is 6.42 Å². The second-order valence-electron chi connectivity index (χ2n) is 8.10. The van der Waals surface area contributed by atoms with E-state index in [4.69, 9.17) is 0 Å². The van der Waals surface area contributed by atoms with Crippen molar-refractivity contribution in [2.45, 2.75) is 78.6 Å². The number of benzene rings is 2. The van der Waals surface area contributed by atoms with Crippen LogP contribution < -0.4 is 0 Å². The van der Waals surface area contributed by atoms with E-state index in [2.05, 4.69) is 37.9 Å². The van der Waals surface area contributed by atoms with Crippen LogP contribution in [0.1, 0.15) is 81.9 Å². The first-order valence-corrected chi connectivity index (χ1v) is 10.7. The number of fused-ring (bicyclic) bond motifs is 1. The summed E-state index contributed by atoms with van der Waals surface area (Å²) in [6.45, 7) is 8.78. The molecule has 3 rings (SSSR count). The largest absolute Gasteiger partial charge is 0.505 e. The van der Waals surface area contributed by atoms with Crippen molar-refractivity contribution in [2.24, 2.45) is 0 Å². The summed E-state index contributed by atoms with van der Waals surface area (Å²) in [5, 5.41) is 20.3.